The summed E-state index contributed by atoms with van der Waals surface area (Å²) >= 11 is 0. The van der Waals surface area contributed by atoms with Crippen molar-refractivity contribution in [1.82, 2.24) is 9.47 Å². The normalized spacial score (nSPS) is 20.5. The molecule has 1 unspecified atom stereocenters. The van der Waals surface area contributed by atoms with Gasteiger partial charge < -0.3 is 14.2 Å². The molecule has 0 N–H and O–H groups in total. The van der Waals surface area contributed by atoms with Crippen LogP contribution in [0.5, 0.6) is 0 Å². The summed E-state index contributed by atoms with van der Waals surface area (Å²) in [5.41, 5.74) is 3.26. The first-order valence-corrected chi connectivity index (χ1v) is 8.42. The highest BCUT2D eigenvalue weighted by Crippen LogP contribution is 2.41. The summed E-state index contributed by atoms with van der Waals surface area (Å²) in [4.78, 5) is 14.0. The molecular weight excluding hydrogens is 288 g/mol. The van der Waals surface area contributed by atoms with Crippen molar-refractivity contribution >= 4 is 16.8 Å². The summed E-state index contributed by atoms with van der Waals surface area (Å²) < 4.78 is 8.53. The van der Waals surface area contributed by atoms with Gasteiger partial charge in [0.25, 0.3) is 0 Å². The standard InChI is InChI=1S/C19H26N2O2/c1-5-11-21-16-9-7-6-8-14(16)15-10-12-23-19(2,18(15)21)13-17(22)20(3)4/h6-9H,5,10-13H2,1-4H3. The van der Waals surface area contributed by atoms with E-state index in [0.717, 1.165) is 19.4 Å². The minimum atomic E-state index is -0.552. The predicted molar refractivity (Wildman–Crippen MR) is 92.5 cm³/mol. The van der Waals surface area contributed by atoms with Gasteiger partial charge in [0, 0.05) is 31.5 Å². The number of ether oxygens (including phenoxy) is 1. The highest BCUT2D eigenvalue weighted by molar-refractivity contribution is 5.87. The number of aromatic nitrogens is 1. The van der Waals surface area contributed by atoms with Crippen LogP contribution in [0.4, 0.5) is 0 Å². The Kier molecular flexibility index (Phi) is 4.19. The Morgan fingerprint density at radius 3 is 2.78 bits per heavy atom. The van der Waals surface area contributed by atoms with E-state index in [1.54, 1.807) is 19.0 Å². The first kappa shape index (κ1) is 16.1. The topological polar surface area (TPSA) is 34.5 Å². The quantitative estimate of drug-likeness (QED) is 0.867. The molecule has 1 aliphatic rings. The second-order valence-corrected chi connectivity index (χ2v) is 6.79. The van der Waals surface area contributed by atoms with Gasteiger partial charge in [0.1, 0.15) is 5.60 Å². The molecule has 0 bridgehead atoms. The average Bonchev–Trinajstić information content (AvgIpc) is 2.84. The molecule has 4 heteroatoms. The van der Waals surface area contributed by atoms with Crippen LogP contribution in [-0.4, -0.2) is 36.1 Å². The third-order valence-corrected chi connectivity index (χ3v) is 4.78. The molecule has 124 valence electrons. The molecule has 2 heterocycles. The van der Waals surface area contributed by atoms with E-state index < -0.39 is 5.60 Å². The van der Waals surface area contributed by atoms with E-state index in [-0.39, 0.29) is 5.91 Å². The third-order valence-electron chi connectivity index (χ3n) is 4.78. The number of amides is 1. The molecule has 0 radical (unpaired) electrons. The molecule has 0 spiro atoms. The van der Waals surface area contributed by atoms with Crippen LogP contribution in [0.3, 0.4) is 0 Å². The van der Waals surface area contributed by atoms with Gasteiger partial charge in [-0.2, -0.15) is 0 Å². The molecule has 1 amide bonds. The van der Waals surface area contributed by atoms with Crippen LogP contribution >= 0.6 is 0 Å². The number of hydrogen-bond donors (Lipinski definition) is 0. The number of aryl methyl sites for hydroxylation is 1. The molecule has 0 saturated heterocycles. The van der Waals surface area contributed by atoms with E-state index >= 15 is 0 Å². The van der Waals surface area contributed by atoms with Gasteiger partial charge in [-0.1, -0.05) is 25.1 Å². The number of carbonyl (C=O) groups excluding carboxylic acids is 1. The SMILES string of the molecule is CCCn1c2c(c3ccccc31)CCOC2(C)CC(=O)N(C)C. The Labute approximate surface area is 138 Å². The van der Waals surface area contributed by atoms with Crippen molar-refractivity contribution in [2.45, 2.75) is 45.3 Å². The van der Waals surface area contributed by atoms with Crippen molar-refractivity contribution in [3.05, 3.63) is 35.5 Å². The molecular formula is C19H26N2O2. The van der Waals surface area contributed by atoms with E-state index in [2.05, 4.69) is 42.7 Å². The first-order chi connectivity index (χ1) is 11.0. The second kappa shape index (κ2) is 6.00. The fraction of sp³-hybridized carbons (Fsp3) is 0.526. The lowest BCUT2D eigenvalue weighted by Gasteiger charge is -2.36. The van der Waals surface area contributed by atoms with Crippen LogP contribution in [0, 0.1) is 0 Å². The number of fused-ring (bicyclic) bond motifs is 3. The zero-order valence-corrected chi connectivity index (χ0v) is 14.6. The fourth-order valence-electron chi connectivity index (χ4n) is 3.72. The number of carbonyl (C=O) groups is 1. The van der Waals surface area contributed by atoms with Gasteiger partial charge >= 0.3 is 0 Å². The number of nitrogens with zero attached hydrogens (tertiary/aromatic N) is 2. The lowest BCUT2D eigenvalue weighted by molar-refractivity contribution is -0.138. The van der Waals surface area contributed by atoms with E-state index in [0.29, 0.717) is 13.0 Å². The summed E-state index contributed by atoms with van der Waals surface area (Å²) in [5, 5.41) is 1.31. The molecule has 1 aromatic carbocycles. The average molecular weight is 314 g/mol. The van der Waals surface area contributed by atoms with Crippen molar-refractivity contribution in [2.24, 2.45) is 0 Å². The Hall–Kier alpha value is -1.81. The summed E-state index contributed by atoms with van der Waals surface area (Å²) in [7, 11) is 3.61. The maximum atomic E-state index is 12.3. The molecule has 0 aliphatic carbocycles. The summed E-state index contributed by atoms with van der Waals surface area (Å²) in [6.45, 7) is 5.87. The second-order valence-electron chi connectivity index (χ2n) is 6.79. The minimum absolute atomic E-state index is 0.105. The molecule has 1 aromatic heterocycles. The summed E-state index contributed by atoms with van der Waals surface area (Å²) in [6, 6.07) is 8.55. The zero-order chi connectivity index (χ0) is 16.6. The van der Waals surface area contributed by atoms with Crippen LogP contribution in [0.15, 0.2) is 24.3 Å². The largest absolute Gasteiger partial charge is 0.368 e. The number of hydrogen-bond acceptors (Lipinski definition) is 2. The van der Waals surface area contributed by atoms with Gasteiger partial charge in [-0.05, 0) is 31.4 Å². The fourth-order valence-corrected chi connectivity index (χ4v) is 3.72. The Bertz CT molecular complexity index is 732. The van der Waals surface area contributed by atoms with Gasteiger partial charge in [0.05, 0.1) is 18.7 Å². The molecule has 1 atom stereocenters. The Morgan fingerprint density at radius 1 is 1.35 bits per heavy atom. The van der Waals surface area contributed by atoms with Crippen molar-refractivity contribution in [2.75, 3.05) is 20.7 Å². The van der Waals surface area contributed by atoms with Crippen molar-refractivity contribution < 1.29 is 9.53 Å². The summed E-state index contributed by atoms with van der Waals surface area (Å²) in [5.74, 6) is 0.105. The first-order valence-electron chi connectivity index (χ1n) is 8.42. The molecule has 0 fully saturated rings. The highest BCUT2D eigenvalue weighted by Gasteiger charge is 2.40. The van der Waals surface area contributed by atoms with Gasteiger partial charge in [-0.3, -0.25) is 4.79 Å². The van der Waals surface area contributed by atoms with E-state index in [1.807, 2.05) is 0 Å². The molecule has 1 aliphatic heterocycles. The Balaban J connectivity index is 2.18. The number of benzene rings is 1. The predicted octanol–water partition coefficient (Wildman–Crippen LogP) is 3.32. The highest BCUT2D eigenvalue weighted by atomic mass is 16.5. The number of rotatable bonds is 4. The van der Waals surface area contributed by atoms with Crippen molar-refractivity contribution in [3.8, 4) is 0 Å². The van der Waals surface area contributed by atoms with Crippen LogP contribution in [0.2, 0.25) is 0 Å². The lowest BCUT2D eigenvalue weighted by Crippen LogP contribution is -2.39. The van der Waals surface area contributed by atoms with Crippen LogP contribution in [0.1, 0.15) is 37.9 Å². The molecule has 4 nitrogen and oxygen atoms in total. The molecule has 23 heavy (non-hydrogen) atoms. The van der Waals surface area contributed by atoms with Crippen LogP contribution in [-0.2, 0) is 28.1 Å². The molecule has 3 rings (SSSR count). The van der Waals surface area contributed by atoms with E-state index in [9.17, 15) is 4.79 Å². The van der Waals surface area contributed by atoms with Gasteiger partial charge in [0.15, 0.2) is 0 Å². The van der Waals surface area contributed by atoms with E-state index in [1.165, 1.54) is 22.2 Å². The van der Waals surface area contributed by atoms with E-state index in [4.69, 9.17) is 4.74 Å². The monoisotopic (exact) mass is 314 g/mol. The maximum Gasteiger partial charge on any atom is 0.225 e. The van der Waals surface area contributed by atoms with Crippen LogP contribution < -0.4 is 0 Å². The van der Waals surface area contributed by atoms with Crippen molar-refractivity contribution in [3.63, 3.8) is 0 Å². The number of para-hydroxylation sites is 1. The minimum Gasteiger partial charge on any atom is -0.368 e. The van der Waals surface area contributed by atoms with Gasteiger partial charge in [-0.15, -0.1) is 0 Å². The third kappa shape index (κ3) is 2.65. The lowest BCUT2D eigenvalue weighted by atomic mass is 9.89. The van der Waals surface area contributed by atoms with Crippen molar-refractivity contribution in [1.29, 1.82) is 0 Å². The maximum absolute atomic E-state index is 12.3. The zero-order valence-electron chi connectivity index (χ0n) is 14.6. The van der Waals surface area contributed by atoms with Gasteiger partial charge in [0.2, 0.25) is 5.91 Å². The van der Waals surface area contributed by atoms with Crippen LogP contribution in [0.25, 0.3) is 10.9 Å². The Morgan fingerprint density at radius 2 is 2.09 bits per heavy atom. The molecule has 2 aromatic rings. The summed E-state index contributed by atoms with van der Waals surface area (Å²) in [6.07, 6.45) is 2.36. The smallest absolute Gasteiger partial charge is 0.225 e. The van der Waals surface area contributed by atoms with Gasteiger partial charge in [-0.25, -0.2) is 0 Å². The molecule has 0 saturated carbocycles.